The molecule has 0 amide bonds. The lowest BCUT2D eigenvalue weighted by molar-refractivity contribution is 0.542. The van der Waals surface area contributed by atoms with Gasteiger partial charge in [0.15, 0.2) is 5.82 Å². The van der Waals surface area contributed by atoms with E-state index in [0.29, 0.717) is 11.7 Å². The fourth-order valence-corrected chi connectivity index (χ4v) is 1.66. The highest BCUT2D eigenvalue weighted by Crippen LogP contribution is 2.25. The van der Waals surface area contributed by atoms with E-state index in [0.717, 1.165) is 22.2 Å². The highest BCUT2D eigenvalue weighted by atomic mass is 16.4. The van der Waals surface area contributed by atoms with Crippen LogP contribution in [0.15, 0.2) is 28.8 Å². The molecule has 0 saturated heterocycles. The molecule has 2 heterocycles. The zero-order valence-corrected chi connectivity index (χ0v) is 8.69. The molecule has 0 aliphatic rings. The summed E-state index contributed by atoms with van der Waals surface area (Å²) in [5, 5.41) is 7.71. The fourth-order valence-electron chi connectivity index (χ4n) is 1.66. The van der Waals surface area contributed by atoms with E-state index >= 15 is 0 Å². The molecule has 0 aliphatic carbocycles. The number of oxazole rings is 1. The van der Waals surface area contributed by atoms with E-state index < -0.39 is 0 Å². The summed E-state index contributed by atoms with van der Waals surface area (Å²) in [6, 6.07) is 5.74. The number of aryl methyl sites for hydroxylation is 1. The second-order valence-corrected chi connectivity index (χ2v) is 3.65. The first kappa shape index (κ1) is 8.96. The van der Waals surface area contributed by atoms with Crippen LogP contribution in [0.3, 0.4) is 0 Å². The van der Waals surface area contributed by atoms with Crippen LogP contribution in [0.5, 0.6) is 0 Å². The van der Waals surface area contributed by atoms with Gasteiger partial charge in [-0.2, -0.15) is 5.10 Å². The van der Waals surface area contributed by atoms with Gasteiger partial charge in [0, 0.05) is 10.9 Å². The summed E-state index contributed by atoms with van der Waals surface area (Å²) in [6.07, 6.45) is 1.70. The van der Waals surface area contributed by atoms with E-state index in [-0.39, 0.29) is 0 Å². The monoisotopic (exact) mass is 214 g/mol. The third-order valence-electron chi connectivity index (χ3n) is 2.46. The Bertz CT molecular complexity index is 653. The van der Waals surface area contributed by atoms with Gasteiger partial charge in [-0.1, -0.05) is 0 Å². The molecule has 0 radical (unpaired) electrons. The predicted octanol–water partition coefficient (Wildman–Crippen LogP) is 2.11. The third-order valence-corrected chi connectivity index (χ3v) is 2.46. The Hall–Kier alpha value is -2.30. The summed E-state index contributed by atoms with van der Waals surface area (Å²) in [6.45, 7) is 1.86. The van der Waals surface area contributed by atoms with Gasteiger partial charge in [0.1, 0.15) is 5.76 Å². The molecule has 3 N–H and O–H groups in total. The zero-order valence-electron chi connectivity index (χ0n) is 8.69. The van der Waals surface area contributed by atoms with Crippen LogP contribution in [0.4, 0.5) is 5.82 Å². The van der Waals surface area contributed by atoms with Crippen molar-refractivity contribution in [3.8, 4) is 11.5 Å². The normalized spacial score (nSPS) is 11.1. The number of nitrogens with two attached hydrogens (primary N) is 1. The number of anilines is 1. The number of benzene rings is 1. The molecule has 0 bridgehead atoms. The van der Waals surface area contributed by atoms with E-state index in [1.54, 1.807) is 6.20 Å². The van der Waals surface area contributed by atoms with Gasteiger partial charge in [-0.05, 0) is 25.1 Å². The van der Waals surface area contributed by atoms with Crippen molar-refractivity contribution in [1.29, 1.82) is 0 Å². The summed E-state index contributed by atoms with van der Waals surface area (Å²) in [5.41, 5.74) is 7.47. The van der Waals surface area contributed by atoms with Gasteiger partial charge < -0.3 is 10.2 Å². The highest BCUT2D eigenvalue weighted by Gasteiger charge is 2.07. The highest BCUT2D eigenvalue weighted by molar-refractivity contribution is 5.90. The first-order valence-electron chi connectivity index (χ1n) is 4.90. The molecule has 80 valence electrons. The first-order chi connectivity index (χ1) is 7.74. The van der Waals surface area contributed by atoms with Crippen LogP contribution in [0.25, 0.3) is 22.4 Å². The van der Waals surface area contributed by atoms with Gasteiger partial charge >= 0.3 is 0 Å². The van der Waals surface area contributed by atoms with Crippen molar-refractivity contribution < 1.29 is 4.42 Å². The number of rotatable bonds is 1. The third kappa shape index (κ3) is 1.25. The zero-order chi connectivity index (χ0) is 11.1. The van der Waals surface area contributed by atoms with Crippen molar-refractivity contribution in [2.24, 2.45) is 0 Å². The summed E-state index contributed by atoms with van der Waals surface area (Å²) < 4.78 is 5.45. The van der Waals surface area contributed by atoms with Crippen LogP contribution >= 0.6 is 0 Å². The van der Waals surface area contributed by atoms with Crippen molar-refractivity contribution in [1.82, 2.24) is 15.2 Å². The minimum absolute atomic E-state index is 0.505. The van der Waals surface area contributed by atoms with Gasteiger partial charge in [0.05, 0.1) is 11.7 Å². The second kappa shape index (κ2) is 3.10. The number of fused-ring (bicyclic) bond motifs is 1. The summed E-state index contributed by atoms with van der Waals surface area (Å²) >= 11 is 0. The average Bonchev–Trinajstić information content (AvgIpc) is 2.86. The van der Waals surface area contributed by atoms with Crippen LogP contribution in [0, 0.1) is 6.92 Å². The Morgan fingerprint density at radius 1 is 1.38 bits per heavy atom. The van der Waals surface area contributed by atoms with Crippen LogP contribution in [-0.2, 0) is 0 Å². The molecule has 0 unspecified atom stereocenters. The molecule has 5 heteroatoms. The van der Waals surface area contributed by atoms with Gasteiger partial charge in [0.25, 0.3) is 0 Å². The Morgan fingerprint density at radius 2 is 2.25 bits per heavy atom. The molecule has 16 heavy (non-hydrogen) atoms. The quantitative estimate of drug-likeness (QED) is 0.650. The number of aromatic nitrogens is 3. The lowest BCUT2D eigenvalue weighted by Gasteiger charge is -1.95. The maximum absolute atomic E-state index is 5.69. The van der Waals surface area contributed by atoms with Crippen LogP contribution in [0.1, 0.15) is 5.76 Å². The predicted molar refractivity (Wildman–Crippen MR) is 60.7 cm³/mol. The van der Waals surface area contributed by atoms with Crippen molar-refractivity contribution in [3.05, 3.63) is 30.2 Å². The van der Waals surface area contributed by atoms with Crippen molar-refractivity contribution >= 4 is 16.7 Å². The van der Waals surface area contributed by atoms with E-state index in [4.69, 9.17) is 10.2 Å². The van der Waals surface area contributed by atoms with E-state index in [1.807, 2.05) is 25.1 Å². The summed E-state index contributed by atoms with van der Waals surface area (Å²) in [7, 11) is 0. The van der Waals surface area contributed by atoms with Crippen molar-refractivity contribution in [2.45, 2.75) is 6.92 Å². The van der Waals surface area contributed by atoms with Crippen molar-refractivity contribution in [2.75, 3.05) is 5.73 Å². The summed E-state index contributed by atoms with van der Waals surface area (Å²) in [5.74, 6) is 1.90. The lowest BCUT2D eigenvalue weighted by Crippen LogP contribution is -1.83. The largest absolute Gasteiger partial charge is 0.441 e. The number of aromatic amines is 1. The molecule has 0 spiro atoms. The van der Waals surface area contributed by atoms with Crippen molar-refractivity contribution in [3.63, 3.8) is 0 Å². The number of hydrogen-bond donors (Lipinski definition) is 2. The van der Waals surface area contributed by atoms with E-state index in [9.17, 15) is 0 Å². The van der Waals surface area contributed by atoms with E-state index in [2.05, 4.69) is 15.2 Å². The molecule has 0 atom stereocenters. The molecule has 1 aromatic carbocycles. The maximum Gasteiger partial charge on any atom is 0.226 e. The molecule has 3 aromatic rings. The lowest BCUT2D eigenvalue weighted by atomic mass is 10.1. The number of H-pyrrole nitrogens is 1. The molecular weight excluding hydrogens is 204 g/mol. The minimum Gasteiger partial charge on any atom is -0.441 e. The second-order valence-electron chi connectivity index (χ2n) is 3.65. The molecule has 2 aromatic heterocycles. The number of nitrogens with zero attached hydrogens (tertiary/aromatic N) is 2. The Balaban J connectivity index is 2.18. The van der Waals surface area contributed by atoms with Gasteiger partial charge in [-0.3, -0.25) is 5.10 Å². The molecular formula is C11H10N4O. The number of hydrogen-bond acceptors (Lipinski definition) is 4. The molecule has 0 aliphatic heterocycles. The number of nitrogen functional groups attached to an aromatic ring is 1. The van der Waals surface area contributed by atoms with Gasteiger partial charge in [-0.15, -0.1) is 0 Å². The minimum atomic E-state index is 0.505. The van der Waals surface area contributed by atoms with E-state index in [1.165, 1.54) is 0 Å². The van der Waals surface area contributed by atoms with Gasteiger partial charge in [-0.25, -0.2) is 4.98 Å². The summed E-state index contributed by atoms with van der Waals surface area (Å²) in [4.78, 5) is 4.17. The van der Waals surface area contributed by atoms with Crippen LogP contribution < -0.4 is 5.73 Å². The molecule has 5 nitrogen and oxygen atoms in total. The number of nitrogens with one attached hydrogen (secondary N) is 1. The average molecular weight is 214 g/mol. The Labute approximate surface area is 91.3 Å². The topological polar surface area (TPSA) is 80.7 Å². The van der Waals surface area contributed by atoms with Crippen LogP contribution in [-0.4, -0.2) is 15.2 Å². The SMILES string of the molecule is Cc1cnc(-c2ccc3c(N)n[nH]c3c2)o1. The Morgan fingerprint density at radius 3 is 3.00 bits per heavy atom. The van der Waals surface area contributed by atoms with Crippen LogP contribution in [0.2, 0.25) is 0 Å². The van der Waals surface area contributed by atoms with Gasteiger partial charge in [0.2, 0.25) is 5.89 Å². The first-order valence-corrected chi connectivity index (χ1v) is 4.90. The Kier molecular flexibility index (Phi) is 1.73. The standard InChI is InChI=1S/C11H10N4O/c1-6-5-13-11(16-6)7-2-3-8-9(4-7)14-15-10(8)12/h2-5H,1H3,(H3,12,14,15). The molecule has 3 rings (SSSR count). The maximum atomic E-state index is 5.69. The molecule has 0 saturated carbocycles. The smallest absolute Gasteiger partial charge is 0.226 e. The molecule has 0 fully saturated rings. The fraction of sp³-hybridized carbons (Fsp3) is 0.0909.